The van der Waals surface area contributed by atoms with Gasteiger partial charge in [0.1, 0.15) is 5.75 Å². The fourth-order valence-corrected chi connectivity index (χ4v) is 3.11. The Kier molecular flexibility index (Phi) is 7.88. The zero-order valence-electron chi connectivity index (χ0n) is 14.0. The Morgan fingerprint density at radius 3 is 2.57 bits per heavy atom. The van der Waals surface area contributed by atoms with Crippen molar-refractivity contribution in [1.82, 2.24) is 5.32 Å². The number of rotatable bonds is 10. The van der Waals surface area contributed by atoms with Crippen molar-refractivity contribution in [3.63, 3.8) is 0 Å². The number of nitrogens with zero attached hydrogens (tertiary/aromatic N) is 1. The molecule has 0 aromatic heterocycles. The third-order valence-corrected chi connectivity index (χ3v) is 4.35. The molecule has 6 nitrogen and oxygen atoms in total. The lowest BCUT2D eigenvalue weighted by Crippen LogP contribution is -2.32. The molecule has 0 radical (unpaired) electrons. The third-order valence-electron chi connectivity index (χ3n) is 3.17. The predicted molar refractivity (Wildman–Crippen MR) is 92.3 cm³/mol. The van der Waals surface area contributed by atoms with Gasteiger partial charge in [0.25, 0.3) is 0 Å². The zero-order valence-corrected chi connectivity index (χ0v) is 14.9. The van der Waals surface area contributed by atoms with E-state index >= 15 is 0 Å². The molecule has 7 heteroatoms. The summed E-state index contributed by atoms with van der Waals surface area (Å²) in [6, 6.07) is 7.02. The Morgan fingerprint density at radius 1 is 1.26 bits per heavy atom. The van der Waals surface area contributed by atoms with Crippen LogP contribution in [0, 0.1) is 0 Å². The van der Waals surface area contributed by atoms with Gasteiger partial charge in [-0.25, -0.2) is 8.42 Å². The van der Waals surface area contributed by atoms with E-state index in [1.54, 1.807) is 24.3 Å². The van der Waals surface area contributed by atoms with Gasteiger partial charge in [-0.2, -0.15) is 0 Å². The fourth-order valence-electron chi connectivity index (χ4n) is 2.14. The summed E-state index contributed by atoms with van der Waals surface area (Å²) in [5.74, 6) is 0.467. The van der Waals surface area contributed by atoms with E-state index in [1.165, 1.54) is 4.31 Å². The summed E-state index contributed by atoms with van der Waals surface area (Å²) in [7, 11) is -3.45. The number of nitrogens with one attached hydrogen (secondary N) is 1. The SMILES string of the molecule is CCCNC(=O)CCCN(c1ccccc1OCC)S(C)(=O)=O. The van der Waals surface area contributed by atoms with Crippen molar-refractivity contribution in [2.45, 2.75) is 33.1 Å². The van der Waals surface area contributed by atoms with Crippen molar-refractivity contribution < 1.29 is 17.9 Å². The van der Waals surface area contributed by atoms with Crippen molar-refractivity contribution in [2.75, 3.05) is 30.3 Å². The normalized spacial score (nSPS) is 11.1. The van der Waals surface area contributed by atoms with E-state index in [-0.39, 0.29) is 12.5 Å². The van der Waals surface area contributed by atoms with Crippen LogP contribution >= 0.6 is 0 Å². The average molecular weight is 342 g/mol. The van der Waals surface area contributed by atoms with Crippen LogP contribution in [0.25, 0.3) is 0 Å². The molecular formula is C16H26N2O4S. The summed E-state index contributed by atoms with van der Waals surface area (Å²) < 4.78 is 31.0. The maximum absolute atomic E-state index is 12.1. The maximum Gasteiger partial charge on any atom is 0.232 e. The first-order valence-corrected chi connectivity index (χ1v) is 9.71. The van der Waals surface area contributed by atoms with Crippen molar-refractivity contribution in [2.24, 2.45) is 0 Å². The minimum atomic E-state index is -3.45. The van der Waals surface area contributed by atoms with Crippen LogP contribution in [-0.2, 0) is 14.8 Å². The van der Waals surface area contributed by atoms with Gasteiger partial charge in [0.2, 0.25) is 15.9 Å². The third kappa shape index (κ3) is 6.48. The number of anilines is 1. The van der Waals surface area contributed by atoms with E-state index in [0.29, 0.717) is 37.4 Å². The van der Waals surface area contributed by atoms with Crippen LogP contribution in [0.2, 0.25) is 0 Å². The van der Waals surface area contributed by atoms with Crippen molar-refractivity contribution >= 4 is 21.6 Å². The highest BCUT2D eigenvalue weighted by atomic mass is 32.2. The number of sulfonamides is 1. The molecule has 1 N–H and O–H groups in total. The highest BCUT2D eigenvalue weighted by Crippen LogP contribution is 2.30. The Labute approximate surface area is 138 Å². The second-order valence-corrected chi connectivity index (χ2v) is 7.10. The van der Waals surface area contributed by atoms with E-state index < -0.39 is 10.0 Å². The topological polar surface area (TPSA) is 75.7 Å². The average Bonchev–Trinajstić information content (AvgIpc) is 2.49. The van der Waals surface area contributed by atoms with Crippen LogP contribution in [-0.4, -0.2) is 40.3 Å². The molecule has 0 fully saturated rings. The summed E-state index contributed by atoms with van der Waals surface area (Å²) in [6.45, 7) is 5.16. The van der Waals surface area contributed by atoms with Gasteiger partial charge in [-0.3, -0.25) is 9.10 Å². The Morgan fingerprint density at radius 2 is 1.96 bits per heavy atom. The molecule has 1 aromatic carbocycles. The molecule has 1 amide bonds. The molecule has 0 spiro atoms. The van der Waals surface area contributed by atoms with Crippen LogP contribution < -0.4 is 14.4 Å². The summed E-state index contributed by atoms with van der Waals surface area (Å²) in [5.41, 5.74) is 0.505. The first-order valence-electron chi connectivity index (χ1n) is 7.86. The smallest absolute Gasteiger partial charge is 0.232 e. The van der Waals surface area contributed by atoms with Gasteiger partial charge in [0.05, 0.1) is 18.6 Å². The second kappa shape index (κ2) is 9.39. The van der Waals surface area contributed by atoms with Crippen LogP contribution in [0.5, 0.6) is 5.75 Å². The standard InChI is InChI=1S/C16H26N2O4S/c1-4-12-17-16(19)11-8-13-18(23(3,20)21)14-9-6-7-10-15(14)22-5-2/h6-7,9-10H,4-5,8,11-13H2,1-3H3,(H,17,19). The predicted octanol–water partition coefficient (Wildman–Crippen LogP) is 2.16. The molecule has 0 heterocycles. The molecule has 0 saturated carbocycles. The minimum absolute atomic E-state index is 0.0570. The van der Waals surface area contributed by atoms with Gasteiger partial charge < -0.3 is 10.1 Å². The van der Waals surface area contributed by atoms with Gasteiger partial charge in [0, 0.05) is 19.5 Å². The highest BCUT2D eigenvalue weighted by molar-refractivity contribution is 7.92. The molecule has 23 heavy (non-hydrogen) atoms. The first kappa shape index (κ1) is 19.3. The molecule has 1 rings (SSSR count). The number of para-hydroxylation sites is 2. The number of ether oxygens (including phenoxy) is 1. The van der Waals surface area contributed by atoms with Gasteiger partial charge in [-0.1, -0.05) is 19.1 Å². The van der Waals surface area contributed by atoms with E-state index in [0.717, 1.165) is 12.7 Å². The largest absolute Gasteiger partial charge is 0.492 e. The molecule has 0 aliphatic carbocycles. The Bertz CT molecular complexity index is 602. The number of benzene rings is 1. The summed E-state index contributed by atoms with van der Waals surface area (Å²) in [4.78, 5) is 11.6. The van der Waals surface area contributed by atoms with E-state index in [9.17, 15) is 13.2 Å². The summed E-state index contributed by atoms with van der Waals surface area (Å²) in [5, 5.41) is 2.78. The van der Waals surface area contributed by atoms with E-state index in [4.69, 9.17) is 4.74 Å². The molecule has 1 aromatic rings. The lowest BCUT2D eigenvalue weighted by Gasteiger charge is -2.24. The monoisotopic (exact) mass is 342 g/mol. The summed E-state index contributed by atoms with van der Waals surface area (Å²) in [6.07, 6.45) is 2.78. The molecule has 130 valence electrons. The van der Waals surface area contributed by atoms with Gasteiger partial charge in [-0.05, 0) is 31.9 Å². The zero-order chi connectivity index (χ0) is 17.3. The number of amides is 1. The quantitative estimate of drug-likeness (QED) is 0.707. The van der Waals surface area contributed by atoms with Crippen LogP contribution in [0.15, 0.2) is 24.3 Å². The van der Waals surface area contributed by atoms with Crippen molar-refractivity contribution in [3.8, 4) is 5.75 Å². The van der Waals surface area contributed by atoms with Crippen LogP contribution in [0.1, 0.15) is 33.1 Å². The summed E-state index contributed by atoms with van der Waals surface area (Å²) >= 11 is 0. The Balaban J connectivity index is 2.81. The molecule has 0 unspecified atom stereocenters. The Hall–Kier alpha value is -1.76. The van der Waals surface area contributed by atoms with Crippen molar-refractivity contribution in [1.29, 1.82) is 0 Å². The first-order chi connectivity index (χ1) is 10.9. The van der Waals surface area contributed by atoms with Crippen LogP contribution in [0.4, 0.5) is 5.69 Å². The van der Waals surface area contributed by atoms with E-state index in [1.807, 2.05) is 13.8 Å². The molecule has 0 saturated heterocycles. The number of carbonyl (C=O) groups excluding carboxylic acids is 1. The molecule has 0 aliphatic heterocycles. The number of carbonyl (C=O) groups is 1. The van der Waals surface area contributed by atoms with Gasteiger partial charge in [0.15, 0.2) is 0 Å². The lowest BCUT2D eigenvalue weighted by molar-refractivity contribution is -0.121. The minimum Gasteiger partial charge on any atom is -0.492 e. The molecule has 0 atom stereocenters. The molecule has 0 aliphatic rings. The maximum atomic E-state index is 12.1. The van der Waals surface area contributed by atoms with Gasteiger partial charge >= 0.3 is 0 Å². The number of hydrogen-bond donors (Lipinski definition) is 1. The van der Waals surface area contributed by atoms with Crippen LogP contribution in [0.3, 0.4) is 0 Å². The molecule has 0 bridgehead atoms. The highest BCUT2D eigenvalue weighted by Gasteiger charge is 2.20. The second-order valence-electron chi connectivity index (χ2n) is 5.19. The molecular weight excluding hydrogens is 316 g/mol. The number of hydrogen-bond acceptors (Lipinski definition) is 4. The fraction of sp³-hybridized carbons (Fsp3) is 0.562. The van der Waals surface area contributed by atoms with Gasteiger partial charge in [-0.15, -0.1) is 0 Å². The van der Waals surface area contributed by atoms with Crippen molar-refractivity contribution in [3.05, 3.63) is 24.3 Å². The lowest BCUT2D eigenvalue weighted by atomic mass is 10.2. The van der Waals surface area contributed by atoms with E-state index in [2.05, 4.69) is 5.32 Å².